The monoisotopic (exact) mass is 341 g/mol. The first kappa shape index (κ1) is 18.3. The highest BCUT2D eigenvalue weighted by Gasteiger charge is 2.31. The maximum atomic E-state index is 13.3. The second kappa shape index (κ2) is 8.70. The van der Waals surface area contributed by atoms with E-state index in [0.29, 0.717) is 31.6 Å². The molecular formula is C16H21F2N3O3. The quantitative estimate of drug-likeness (QED) is 0.617. The molecule has 1 aliphatic rings. The van der Waals surface area contributed by atoms with Gasteiger partial charge < -0.3 is 15.7 Å². The van der Waals surface area contributed by atoms with Crippen molar-refractivity contribution in [3.8, 4) is 0 Å². The maximum Gasteiger partial charge on any atom is 0.237 e. The van der Waals surface area contributed by atoms with Gasteiger partial charge in [0.2, 0.25) is 11.8 Å². The average Bonchev–Trinajstić information content (AvgIpc) is 2.54. The number of hydrogen-bond acceptors (Lipinski definition) is 4. The second-order valence-corrected chi connectivity index (χ2v) is 5.66. The van der Waals surface area contributed by atoms with E-state index >= 15 is 0 Å². The van der Waals surface area contributed by atoms with Crippen LogP contribution in [0.1, 0.15) is 18.4 Å². The maximum absolute atomic E-state index is 13.3. The fourth-order valence-corrected chi connectivity index (χ4v) is 2.60. The molecule has 0 spiro atoms. The molecule has 8 heteroatoms. The van der Waals surface area contributed by atoms with Gasteiger partial charge in [0, 0.05) is 32.8 Å². The second-order valence-electron chi connectivity index (χ2n) is 5.66. The highest BCUT2D eigenvalue weighted by atomic mass is 19.2. The van der Waals surface area contributed by atoms with E-state index in [1.54, 1.807) is 4.90 Å². The van der Waals surface area contributed by atoms with E-state index in [4.69, 9.17) is 5.11 Å². The standard InChI is InChI=1S/C16H21F2N3O3/c17-12-3-2-11(8-13(12)18)10-21-6-5-20-16(24)14(21)9-15(23)19-4-1-7-22/h2-3,8,14,22H,1,4-7,9-10H2,(H,19,23)(H,20,24)/t14-/m1/s1. The van der Waals surface area contributed by atoms with Gasteiger partial charge in [-0.1, -0.05) is 6.07 Å². The summed E-state index contributed by atoms with van der Waals surface area (Å²) in [4.78, 5) is 25.8. The van der Waals surface area contributed by atoms with Crippen LogP contribution >= 0.6 is 0 Å². The topological polar surface area (TPSA) is 81.7 Å². The minimum absolute atomic E-state index is 0.0214. The summed E-state index contributed by atoms with van der Waals surface area (Å²) in [6.45, 7) is 1.52. The first-order valence-electron chi connectivity index (χ1n) is 7.84. The molecule has 2 rings (SSSR count). The zero-order valence-corrected chi connectivity index (χ0v) is 13.2. The SMILES string of the molecule is O=C(C[C@@H]1C(=O)NCCN1Cc1ccc(F)c(F)c1)NCCCO. The van der Waals surface area contributed by atoms with Gasteiger partial charge in [-0.15, -0.1) is 0 Å². The van der Waals surface area contributed by atoms with E-state index in [2.05, 4.69) is 10.6 Å². The number of amides is 2. The lowest BCUT2D eigenvalue weighted by molar-refractivity contribution is -0.134. The molecule has 6 nitrogen and oxygen atoms in total. The van der Waals surface area contributed by atoms with Crippen LogP contribution < -0.4 is 10.6 Å². The molecule has 1 heterocycles. The van der Waals surface area contributed by atoms with Gasteiger partial charge in [0.1, 0.15) is 0 Å². The summed E-state index contributed by atoms with van der Waals surface area (Å²) in [6, 6.07) is 2.94. The third-order valence-corrected chi connectivity index (χ3v) is 3.85. The van der Waals surface area contributed by atoms with Gasteiger partial charge in [-0.25, -0.2) is 8.78 Å². The Morgan fingerprint density at radius 3 is 2.88 bits per heavy atom. The van der Waals surface area contributed by atoms with Gasteiger partial charge in [-0.3, -0.25) is 14.5 Å². The smallest absolute Gasteiger partial charge is 0.237 e. The van der Waals surface area contributed by atoms with E-state index in [-0.39, 0.29) is 31.4 Å². The molecule has 132 valence electrons. The number of halogens is 2. The molecule has 0 aliphatic carbocycles. The number of hydrogen-bond donors (Lipinski definition) is 3. The average molecular weight is 341 g/mol. The number of carbonyl (C=O) groups excluding carboxylic acids is 2. The first-order chi connectivity index (χ1) is 11.5. The highest BCUT2D eigenvalue weighted by molar-refractivity contribution is 5.88. The predicted octanol–water partition coefficient (Wildman–Crippen LogP) is 0.154. The molecule has 0 saturated carbocycles. The molecule has 0 unspecified atom stereocenters. The van der Waals surface area contributed by atoms with Gasteiger partial charge >= 0.3 is 0 Å². The van der Waals surface area contributed by atoms with Crippen molar-refractivity contribution in [2.24, 2.45) is 0 Å². The molecule has 1 aromatic rings. The zero-order chi connectivity index (χ0) is 17.5. The molecule has 0 aromatic heterocycles. The van der Waals surface area contributed by atoms with E-state index in [1.165, 1.54) is 6.07 Å². The predicted molar refractivity (Wildman–Crippen MR) is 82.9 cm³/mol. The van der Waals surface area contributed by atoms with Gasteiger partial charge in [0.05, 0.1) is 12.5 Å². The van der Waals surface area contributed by atoms with Crippen molar-refractivity contribution in [3.05, 3.63) is 35.4 Å². The Labute approximate surface area is 138 Å². The van der Waals surface area contributed by atoms with E-state index < -0.39 is 17.7 Å². The van der Waals surface area contributed by atoms with Crippen molar-refractivity contribution in [1.82, 2.24) is 15.5 Å². The summed E-state index contributed by atoms with van der Waals surface area (Å²) >= 11 is 0. The molecule has 3 N–H and O–H groups in total. The van der Waals surface area contributed by atoms with Gasteiger partial charge in [-0.05, 0) is 24.1 Å². The molecule has 1 fully saturated rings. The van der Waals surface area contributed by atoms with Crippen molar-refractivity contribution < 1.29 is 23.5 Å². The summed E-state index contributed by atoms with van der Waals surface area (Å²) in [6.07, 6.45) is 0.419. The molecular weight excluding hydrogens is 320 g/mol. The van der Waals surface area contributed by atoms with Crippen LogP contribution in [0.25, 0.3) is 0 Å². The van der Waals surface area contributed by atoms with Crippen molar-refractivity contribution >= 4 is 11.8 Å². The lowest BCUT2D eigenvalue weighted by atomic mass is 10.1. The number of aliphatic hydroxyl groups is 1. The Kier molecular flexibility index (Phi) is 6.62. The van der Waals surface area contributed by atoms with Gasteiger partial charge in [0.25, 0.3) is 0 Å². The molecule has 1 aromatic carbocycles. The molecule has 1 atom stereocenters. The van der Waals surface area contributed by atoms with Crippen molar-refractivity contribution in [2.75, 3.05) is 26.2 Å². The van der Waals surface area contributed by atoms with Crippen LogP contribution in [0.3, 0.4) is 0 Å². The van der Waals surface area contributed by atoms with Crippen LogP contribution in [-0.2, 0) is 16.1 Å². The normalized spacial score (nSPS) is 18.3. The summed E-state index contributed by atoms with van der Waals surface area (Å²) in [5.74, 6) is -2.41. The number of rotatable bonds is 7. The minimum atomic E-state index is -0.938. The molecule has 2 amide bonds. The van der Waals surface area contributed by atoms with Crippen molar-refractivity contribution in [3.63, 3.8) is 0 Å². The van der Waals surface area contributed by atoms with Crippen LogP contribution in [0, 0.1) is 11.6 Å². The Bertz CT molecular complexity index is 598. The molecule has 0 radical (unpaired) electrons. The Morgan fingerprint density at radius 2 is 2.17 bits per heavy atom. The van der Waals surface area contributed by atoms with Crippen molar-refractivity contribution in [2.45, 2.75) is 25.4 Å². The van der Waals surface area contributed by atoms with E-state index in [0.717, 1.165) is 12.1 Å². The third kappa shape index (κ3) is 4.97. The van der Waals surface area contributed by atoms with E-state index in [9.17, 15) is 18.4 Å². The molecule has 1 aliphatic heterocycles. The lowest BCUT2D eigenvalue weighted by Gasteiger charge is -2.34. The number of aliphatic hydroxyl groups excluding tert-OH is 1. The Morgan fingerprint density at radius 1 is 1.38 bits per heavy atom. The summed E-state index contributed by atoms with van der Waals surface area (Å²) in [7, 11) is 0. The van der Waals surface area contributed by atoms with Crippen LogP contribution in [0.5, 0.6) is 0 Å². The van der Waals surface area contributed by atoms with Crippen LogP contribution in [-0.4, -0.2) is 54.1 Å². The third-order valence-electron chi connectivity index (χ3n) is 3.85. The number of piperazine rings is 1. The van der Waals surface area contributed by atoms with E-state index in [1.807, 2.05) is 0 Å². The fraction of sp³-hybridized carbons (Fsp3) is 0.500. The number of nitrogens with one attached hydrogen (secondary N) is 2. The van der Waals surface area contributed by atoms with Crippen LogP contribution in [0.15, 0.2) is 18.2 Å². The Balaban J connectivity index is 2.01. The van der Waals surface area contributed by atoms with Crippen LogP contribution in [0.2, 0.25) is 0 Å². The first-order valence-corrected chi connectivity index (χ1v) is 7.84. The Hall–Kier alpha value is -2.06. The summed E-state index contributed by atoms with van der Waals surface area (Å²) in [5.41, 5.74) is 0.536. The summed E-state index contributed by atoms with van der Waals surface area (Å²) < 4.78 is 26.3. The number of nitrogens with zero attached hydrogens (tertiary/aromatic N) is 1. The summed E-state index contributed by atoms with van der Waals surface area (Å²) in [5, 5.41) is 14.1. The number of benzene rings is 1. The minimum Gasteiger partial charge on any atom is -0.396 e. The van der Waals surface area contributed by atoms with Gasteiger partial charge in [-0.2, -0.15) is 0 Å². The van der Waals surface area contributed by atoms with Crippen LogP contribution in [0.4, 0.5) is 8.78 Å². The fourth-order valence-electron chi connectivity index (χ4n) is 2.60. The van der Waals surface area contributed by atoms with Crippen molar-refractivity contribution in [1.29, 1.82) is 0 Å². The number of carbonyl (C=O) groups is 2. The largest absolute Gasteiger partial charge is 0.396 e. The van der Waals surface area contributed by atoms with Gasteiger partial charge in [0.15, 0.2) is 11.6 Å². The highest BCUT2D eigenvalue weighted by Crippen LogP contribution is 2.16. The lowest BCUT2D eigenvalue weighted by Crippen LogP contribution is -2.56. The molecule has 1 saturated heterocycles. The molecule has 0 bridgehead atoms. The zero-order valence-electron chi connectivity index (χ0n) is 13.2. The molecule has 24 heavy (non-hydrogen) atoms.